The lowest BCUT2D eigenvalue weighted by atomic mass is 9.96. The smallest absolute Gasteiger partial charge is 0.227 e. The summed E-state index contributed by atoms with van der Waals surface area (Å²) in [7, 11) is 0. The van der Waals surface area contributed by atoms with Gasteiger partial charge < -0.3 is 14.5 Å². The quantitative estimate of drug-likeness (QED) is 0.803. The van der Waals surface area contributed by atoms with Crippen LogP contribution in [0.5, 0.6) is 0 Å². The average Bonchev–Trinajstić information content (AvgIpc) is 2.55. The molecule has 2 fully saturated rings. The van der Waals surface area contributed by atoms with Crippen LogP contribution in [0.4, 0.5) is 5.82 Å². The number of hydrogen-bond acceptors (Lipinski definition) is 4. The van der Waals surface area contributed by atoms with Gasteiger partial charge in [-0.25, -0.2) is 4.98 Å². The molecule has 1 atom stereocenters. The third-order valence-corrected chi connectivity index (χ3v) is 4.84. The minimum absolute atomic E-state index is 0.0803. The maximum Gasteiger partial charge on any atom is 0.227 e. The van der Waals surface area contributed by atoms with Crippen LogP contribution in [0.3, 0.4) is 0 Å². The number of amides is 1. The fourth-order valence-electron chi connectivity index (χ4n) is 3.28. The van der Waals surface area contributed by atoms with Crippen LogP contribution in [0, 0.1) is 12.8 Å². The van der Waals surface area contributed by atoms with Crippen LogP contribution in [0.2, 0.25) is 0 Å². The van der Waals surface area contributed by atoms with Crippen molar-refractivity contribution in [1.82, 2.24) is 9.88 Å². The first-order valence-corrected chi connectivity index (χ1v) is 8.68. The Morgan fingerprint density at radius 1 is 1.36 bits per heavy atom. The van der Waals surface area contributed by atoms with Gasteiger partial charge >= 0.3 is 0 Å². The first-order valence-electron chi connectivity index (χ1n) is 7.89. The first-order chi connectivity index (χ1) is 10.6. The van der Waals surface area contributed by atoms with Gasteiger partial charge in [0.15, 0.2) is 0 Å². The number of nitrogens with zero attached hydrogens (tertiary/aromatic N) is 3. The van der Waals surface area contributed by atoms with E-state index in [4.69, 9.17) is 4.74 Å². The summed E-state index contributed by atoms with van der Waals surface area (Å²) in [5.74, 6) is 1.36. The molecule has 6 heteroatoms. The number of rotatable bonds is 2. The average molecular weight is 368 g/mol. The molecule has 1 aromatic heterocycles. The number of hydrogen-bond donors (Lipinski definition) is 0. The van der Waals surface area contributed by atoms with Gasteiger partial charge in [0.25, 0.3) is 0 Å². The molecule has 5 nitrogen and oxygen atoms in total. The zero-order valence-corrected chi connectivity index (χ0v) is 14.5. The van der Waals surface area contributed by atoms with Gasteiger partial charge in [0.05, 0.1) is 19.1 Å². The molecular formula is C16H22BrN3O2. The molecule has 22 heavy (non-hydrogen) atoms. The van der Waals surface area contributed by atoms with E-state index in [0.717, 1.165) is 54.9 Å². The summed E-state index contributed by atoms with van der Waals surface area (Å²) in [5.41, 5.74) is 1.15. The largest absolute Gasteiger partial charge is 0.378 e. The van der Waals surface area contributed by atoms with Crippen LogP contribution in [0.1, 0.15) is 18.4 Å². The highest BCUT2D eigenvalue weighted by atomic mass is 79.9. The predicted octanol–water partition coefficient (Wildman–Crippen LogP) is 2.23. The van der Waals surface area contributed by atoms with Crippen molar-refractivity contribution in [3.63, 3.8) is 0 Å². The zero-order chi connectivity index (χ0) is 15.5. The van der Waals surface area contributed by atoms with Crippen molar-refractivity contribution >= 4 is 27.7 Å². The van der Waals surface area contributed by atoms with Crippen LogP contribution in [-0.2, 0) is 9.53 Å². The second-order valence-electron chi connectivity index (χ2n) is 6.02. The summed E-state index contributed by atoms with van der Waals surface area (Å²) >= 11 is 3.45. The second kappa shape index (κ2) is 6.96. The van der Waals surface area contributed by atoms with Crippen LogP contribution < -0.4 is 4.90 Å². The first kappa shape index (κ1) is 15.7. The molecule has 0 aliphatic carbocycles. The summed E-state index contributed by atoms with van der Waals surface area (Å²) < 4.78 is 6.33. The molecule has 2 saturated heterocycles. The Kier molecular flexibility index (Phi) is 4.98. The van der Waals surface area contributed by atoms with Crippen LogP contribution in [0.15, 0.2) is 16.7 Å². The van der Waals surface area contributed by atoms with Crippen molar-refractivity contribution in [2.75, 3.05) is 44.3 Å². The van der Waals surface area contributed by atoms with Gasteiger partial charge in [-0.2, -0.15) is 0 Å². The highest BCUT2D eigenvalue weighted by Gasteiger charge is 2.30. The highest BCUT2D eigenvalue weighted by molar-refractivity contribution is 9.10. The third-order valence-electron chi connectivity index (χ3n) is 4.41. The maximum atomic E-state index is 12.7. The maximum absolute atomic E-state index is 12.7. The lowest BCUT2D eigenvalue weighted by Gasteiger charge is -2.37. The Labute approximate surface area is 139 Å². The monoisotopic (exact) mass is 367 g/mol. The molecule has 3 rings (SSSR count). The number of aryl methyl sites for hydroxylation is 1. The fraction of sp³-hybridized carbons (Fsp3) is 0.625. The summed E-state index contributed by atoms with van der Waals surface area (Å²) in [6.45, 7) is 6.59. The molecule has 2 aliphatic rings. The number of ether oxygens (including phenoxy) is 1. The van der Waals surface area contributed by atoms with E-state index in [1.54, 1.807) is 0 Å². The number of pyridine rings is 1. The van der Waals surface area contributed by atoms with Crippen LogP contribution in [-0.4, -0.2) is 55.2 Å². The van der Waals surface area contributed by atoms with Crippen molar-refractivity contribution in [3.8, 4) is 0 Å². The summed E-state index contributed by atoms with van der Waals surface area (Å²) in [4.78, 5) is 21.4. The van der Waals surface area contributed by atoms with E-state index >= 15 is 0 Å². The molecule has 0 saturated carbocycles. The molecule has 0 spiro atoms. The normalized spacial score (nSPS) is 22.7. The SMILES string of the molecule is Cc1cc(Br)cnc1N1CCCC(C(=O)N2CCOCC2)C1. The number of piperidine rings is 1. The Bertz CT molecular complexity index is 546. The molecule has 1 amide bonds. The van der Waals surface area contributed by atoms with Crippen molar-refractivity contribution in [3.05, 3.63) is 22.3 Å². The van der Waals surface area contributed by atoms with E-state index in [0.29, 0.717) is 13.2 Å². The van der Waals surface area contributed by atoms with E-state index in [2.05, 4.69) is 38.8 Å². The zero-order valence-electron chi connectivity index (χ0n) is 12.9. The molecule has 1 unspecified atom stereocenters. The van der Waals surface area contributed by atoms with Gasteiger partial charge in [-0.05, 0) is 47.3 Å². The predicted molar refractivity (Wildman–Crippen MR) is 89.0 cm³/mol. The molecule has 2 aliphatic heterocycles. The van der Waals surface area contributed by atoms with Gasteiger partial charge in [0, 0.05) is 36.8 Å². The Morgan fingerprint density at radius 3 is 2.86 bits per heavy atom. The number of anilines is 1. The van der Waals surface area contributed by atoms with Crippen LogP contribution in [0.25, 0.3) is 0 Å². The summed E-state index contributed by atoms with van der Waals surface area (Å²) in [6, 6.07) is 2.08. The van der Waals surface area contributed by atoms with Gasteiger partial charge in [-0.1, -0.05) is 0 Å². The highest BCUT2D eigenvalue weighted by Crippen LogP contribution is 2.27. The molecule has 3 heterocycles. The molecular weight excluding hydrogens is 346 g/mol. The molecule has 0 radical (unpaired) electrons. The number of halogens is 1. The molecule has 120 valence electrons. The van der Waals surface area contributed by atoms with Crippen LogP contribution >= 0.6 is 15.9 Å². The topological polar surface area (TPSA) is 45.7 Å². The lowest BCUT2D eigenvalue weighted by molar-refractivity contribution is -0.139. The molecule has 0 aromatic carbocycles. The van der Waals surface area contributed by atoms with E-state index in [1.165, 1.54) is 0 Å². The lowest BCUT2D eigenvalue weighted by Crippen LogP contribution is -2.48. The van der Waals surface area contributed by atoms with E-state index in [1.807, 2.05) is 11.1 Å². The fourth-order valence-corrected chi connectivity index (χ4v) is 3.72. The van der Waals surface area contributed by atoms with Gasteiger partial charge in [0.1, 0.15) is 5.82 Å². The number of carbonyl (C=O) groups excluding carboxylic acids is 1. The summed E-state index contributed by atoms with van der Waals surface area (Å²) in [6.07, 6.45) is 3.84. The van der Waals surface area contributed by atoms with Crippen molar-refractivity contribution < 1.29 is 9.53 Å². The molecule has 0 N–H and O–H groups in total. The Morgan fingerprint density at radius 2 is 2.14 bits per heavy atom. The minimum atomic E-state index is 0.0803. The second-order valence-corrected chi connectivity index (χ2v) is 6.93. The number of aromatic nitrogens is 1. The number of carbonyl (C=O) groups is 1. The van der Waals surface area contributed by atoms with Crippen molar-refractivity contribution in [1.29, 1.82) is 0 Å². The van der Waals surface area contributed by atoms with E-state index < -0.39 is 0 Å². The number of morpholine rings is 1. The third kappa shape index (κ3) is 3.43. The molecule has 0 bridgehead atoms. The van der Waals surface area contributed by atoms with Gasteiger partial charge in [0.2, 0.25) is 5.91 Å². The minimum Gasteiger partial charge on any atom is -0.378 e. The van der Waals surface area contributed by atoms with Gasteiger partial charge in [-0.15, -0.1) is 0 Å². The Balaban J connectivity index is 1.69. The Hall–Kier alpha value is -1.14. The van der Waals surface area contributed by atoms with E-state index in [-0.39, 0.29) is 11.8 Å². The standard InChI is InChI=1S/C16H22BrN3O2/c1-12-9-14(17)10-18-15(12)20-4-2-3-13(11-20)16(21)19-5-7-22-8-6-19/h9-10,13H,2-8,11H2,1H3. The van der Waals surface area contributed by atoms with E-state index in [9.17, 15) is 4.79 Å². The summed E-state index contributed by atoms with van der Waals surface area (Å²) in [5, 5.41) is 0. The van der Waals surface area contributed by atoms with Gasteiger partial charge in [-0.3, -0.25) is 4.79 Å². The van der Waals surface area contributed by atoms with Crippen molar-refractivity contribution in [2.45, 2.75) is 19.8 Å². The van der Waals surface area contributed by atoms with Crippen molar-refractivity contribution in [2.24, 2.45) is 5.92 Å². The molecule has 1 aromatic rings.